The lowest BCUT2D eigenvalue weighted by molar-refractivity contribution is -0.0947. The molecule has 0 aromatic heterocycles. The van der Waals surface area contributed by atoms with Crippen LogP contribution in [0.5, 0.6) is 5.75 Å². The Bertz CT molecular complexity index is 510. The van der Waals surface area contributed by atoms with Crippen molar-refractivity contribution in [2.75, 3.05) is 32.8 Å². The van der Waals surface area contributed by atoms with E-state index in [9.17, 15) is 5.11 Å². The van der Waals surface area contributed by atoms with Gasteiger partial charge in [0.1, 0.15) is 24.5 Å². The zero-order chi connectivity index (χ0) is 15.3. The molecule has 1 aromatic carbocycles. The van der Waals surface area contributed by atoms with Gasteiger partial charge in [0.05, 0.1) is 17.8 Å². The molecule has 2 rings (SSSR count). The van der Waals surface area contributed by atoms with Gasteiger partial charge in [-0.05, 0) is 26.0 Å². The quantitative estimate of drug-likeness (QED) is 0.888. The first kappa shape index (κ1) is 15.8. The molecular weight excluding hydrogens is 268 g/mol. The van der Waals surface area contributed by atoms with Crippen molar-refractivity contribution in [1.82, 2.24) is 4.90 Å². The third-order valence-corrected chi connectivity index (χ3v) is 3.41. The predicted octanol–water partition coefficient (Wildman–Crippen LogP) is 1.41. The first-order valence-electron chi connectivity index (χ1n) is 7.16. The molecule has 0 saturated carbocycles. The highest BCUT2D eigenvalue weighted by atomic mass is 16.5. The Morgan fingerprint density at radius 1 is 1.48 bits per heavy atom. The molecule has 5 nitrogen and oxygen atoms in total. The van der Waals surface area contributed by atoms with Crippen molar-refractivity contribution < 1.29 is 14.6 Å². The molecule has 1 heterocycles. The summed E-state index contributed by atoms with van der Waals surface area (Å²) in [7, 11) is 0. The number of benzene rings is 1. The van der Waals surface area contributed by atoms with Crippen LogP contribution in [-0.4, -0.2) is 54.6 Å². The van der Waals surface area contributed by atoms with Crippen molar-refractivity contribution in [2.45, 2.75) is 25.6 Å². The molecule has 1 aliphatic rings. The molecule has 0 radical (unpaired) electrons. The Labute approximate surface area is 125 Å². The summed E-state index contributed by atoms with van der Waals surface area (Å²) >= 11 is 0. The van der Waals surface area contributed by atoms with Crippen LogP contribution in [-0.2, 0) is 4.74 Å². The van der Waals surface area contributed by atoms with Gasteiger partial charge in [-0.25, -0.2) is 0 Å². The van der Waals surface area contributed by atoms with Crippen LogP contribution >= 0.6 is 0 Å². The van der Waals surface area contributed by atoms with Crippen molar-refractivity contribution in [3.63, 3.8) is 0 Å². The van der Waals surface area contributed by atoms with Crippen LogP contribution in [0, 0.1) is 11.3 Å². The van der Waals surface area contributed by atoms with Gasteiger partial charge in [-0.15, -0.1) is 0 Å². The number of hydrogen-bond acceptors (Lipinski definition) is 5. The number of ether oxygens (including phenoxy) is 2. The van der Waals surface area contributed by atoms with E-state index in [4.69, 9.17) is 14.7 Å². The Morgan fingerprint density at radius 3 is 2.95 bits per heavy atom. The van der Waals surface area contributed by atoms with Crippen LogP contribution in [0.4, 0.5) is 0 Å². The number of aliphatic hydroxyl groups is 1. The van der Waals surface area contributed by atoms with E-state index in [0.717, 1.165) is 13.1 Å². The summed E-state index contributed by atoms with van der Waals surface area (Å²) in [6.45, 7) is 7.10. The summed E-state index contributed by atoms with van der Waals surface area (Å²) in [5, 5.41) is 19.1. The molecule has 0 bridgehead atoms. The van der Waals surface area contributed by atoms with E-state index in [-0.39, 0.29) is 12.2 Å². The number of aliphatic hydroxyl groups excluding tert-OH is 1. The average Bonchev–Trinajstić information content (AvgIpc) is 2.44. The molecule has 1 fully saturated rings. The van der Waals surface area contributed by atoms with E-state index in [1.165, 1.54) is 0 Å². The largest absolute Gasteiger partial charge is 0.489 e. The molecule has 1 atom stereocenters. The van der Waals surface area contributed by atoms with Gasteiger partial charge < -0.3 is 14.6 Å². The third kappa shape index (κ3) is 4.71. The second kappa shape index (κ2) is 6.90. The van der Waals surface area contributed by atoms with Gasteiger partial charge in [0.2, 0.25) is 0 Å². The van der Waals surface area contributed by atoms with Crippen LogP contribution in [0.25, 0.3) is 0 Å². The molecular formula is C16H22N2O3. The number of para-hydroxylation sites is 1. The second-order valence-corrected chi connectivity index (χ2v) is 5.92. The van der Waals surface area contributed by atoms with Crippen LogP contribution in [0.15, 0.2) is 24.3 Å². The molecule has 1 N–H and O–H groups in total. The standard InChI is InChI=1S/C16H22N2O3/c1-16(2)12-18(7-8-21-16)10-14(19)11-20-15-6-4-3-5-13(15)9-17/h3-6,14,19H,7-8,10-12H2,1-2H3. The first-order chi connectivity index (χ1) is 10.00. The molecule has 1 saturated heterocycles. The molecule has 0 amide bonds. The normalized spacial score (nSPS) is 19.7. The minimum absolute atomic E-state index is 0.174. The summed E-state index contributed by atoms with van der Waals surface area (Å²) in [5.41, 5.74) is 0.309. The fourth-order valence-corrected chi connectivity index (χ4v) is 2.49. The van der Waals surface area contributed by atoms with Crippen LogP contribution < -0.4 is 4.74 Å². The molecule has 1 aliphatic heterocycles. The topological polar surface area (TPSA) is 65.7 Å². The van der Waals surface area contributed by atoms with Crippen molar-refractivity contribution in [3.05, 3.63) is 29.8 Å². The number of nitriles is 1. The molecule has 21 heavy (non-hydrogen) atoms. The summed E-state index contributed by atoms with van der Waals surface area (Å²) in [6, 6.07) is 9.12. The maximum atomic E-state index is 10.1. The summed E-state index contributed by atoms with van der Waals surface area (Å²) in [5.74, 6) is 0.515. The number of rotatable bonds is 5. The third-order valence-electron chi connectivity index (χ3n) is 3.41. The van der Waals surface area contributed by atoms with Crippen molar-refractivity contribution in [2.24, 2.45) is 0 Å². The summed E-state index contributed by atoms with van der Waals surface area (Å²) in [4.78, 5) is 2.17. The zero-order valence-electron chi connectivity index (χ0n) is 12.6. The first-order valence-corrected chi connectivity index (χ1v) is 7.16. The number of nitrogens with zero attached hydrogens (tertiary/aromatic N) is 2. The highest BCUT2D eigenvalue weighted by Crippen LogP contribution is 2.18. The van der Waals surface area contributed by atoms with E-state index in [1.54, 1.807) is 18.2 Å². The van der Waals surface area contributed by atoms with E-state index < -0.39 is 6.10 Å². The highest BCUT2D eigenvalue weighted by Gasteiger charge is 2.28. The maximum absolute atomic E-state index is 10.1. The Balaban J connectivity index is 1.82. The average molecular weight is 290 g/mol. The lowest BCUT2D eigenvalue weighted by atomic mass is 10.1. The molecule has 1 aromatic rings. The second-order valence-electron chi connectivity index (χ2n) is 5.92. The SMILES string of the molecule is CC1(C)CN(CC(O)COc2ccccc2C#N)CCO1. The van der Waals surface area contributed by atoms with Gasteiger partial charge in [0.15, 0.2) is 0 Å². The van der Waals surface area contributed by atoms with Gasteiger partial charge in [-0.3, -0.25) is 4.90 Å². The molecule has 1 unspecified atom stereocenters. The van der Waals surface area contributed by atoms with E-state index in [2.05, 4.69) is 11.0 Å². The molecule has 5 heteroatoms. The van der Waals surface area contributed by atoms with E-state index in [0.29, 0.717) is 24.5 Å². The van der Waals surface area contributed by atoms with Crippen LogP contribution in [0.2, 0.25) is 0 Å². The van der Waals surface area contributed by atoms with Crippen molar-refractivity contribution in [1.29, 1.82) is 5.26 Å². The van der Waals surface area contributed by atoms with Crippen molar-refractivity contribution in [3.8, 4) is 11.8 Å². The van der Waals surface area contributed by atoms with E-state index >= 15 is 0 Å². The Morgan fingerprint density at radius 2 is 2.24 bits per heavy atom. The van der Waals surface area contributed by atoms with Gasteiger partial charge in [0, 0.05) is 19.6 Å². The fraction of sp³-hybridized carbons (Fsp3) is 0.562. The monoisotopic (exact) mass is 290 g/mol. The van der Waals surface area contributed by atoms with Gasteiger partial charge in [-0.2, -0.15) is 5.26 Å². The Kier molecular flexibility index (Phi) is 5.18. The van der Waals surface area contributed by atoms with Crippen LogP contribution in [0.3, 0.4) is 0 Å². The highest BCUT2D eigenvalue weighted by molar-refractivity contribution is 5.42. The van der Waals surface area contributed by atoms with Gasteiger partial charge in [0.25, 0.3) is 0 Å². The maximum Gasteiger partial charge on any atom is 0.137 e. The molecule has 114 valence electrons. The van der Waals surface area contributed by atoms with Crippen molar-refractivity contribution >= 4 is 0 Å². The number of morpholine rings is 1. The number of hydrogen-bond donors (Lipinski definition) is 1. The minimum atomic E-state index is -0.592. The Hall–Kier alpha value is -1.61. The van der Waals surface area contributed by atoms with Gasteiger partial charge in [-0.1, -0.05) is 12.1 Å². The smallest absolute Gasteiger partial charge is 0.137 e. The minimum Gasteiger partial charge on any atom is -0.489 e. The fourth-order valence-electron chi connectivity index (χ4n) is 2.49. The number of β-amino-alcohol motifs (C(OH)–C–C–N with tert-alkyl or cyclic N) is 1. The lowest BCUT2D eigenvalue weighted by Gasteiger charge is -2.38. The molecule has 0 spiro atoms. The molecule has 0 aliphatic carbocycles. The van der Waals surface area contributed by atoms with Gasteiger partial charge >= 0.3 is 0 Å². The predicted molar refractivity (Wildman–Crippen MR) is 79.1 cm³/mol. The van der Waals surface area contributed by atoms with Crippen LogP contribution in [0.1, 0.15) is 19.4 Å². The van der Waals surface area contributed by atoms with E-state index in [1.807, 2.05) is 19.9 Å². The summed E-state index contributed by atoms with van der Waals surface area (Å²) in [6.07, 6.45) is -0.592. The zero-order valence-corrected chi connectivity index (χ0v) is 12.6. The summed E-state index contributed by atoms with van der Waals surface area (Å²) < 4.78 is 11.2. The lowest BCUT2D eigenvalue weighted by Crippen LogP contribution is -2.50.